The molecule has 1 heterocycles. The molecule has 1 fully saturated rings. The van der Waals surface area contributed by atoms with Crippen molar-refractivity contribution in [3.63, 3.8) is 0 Å². The predicted octanol–water partition coefficient (Wildman–Crippen LogP) is 3.16. The summed E-state index contributed by atoms with van der Waals surface area (Å²) in [6.07, 6.45) is -0.0608. The van der Waals surface area contributed by atoms with Crippen LogP contribution in [0.1, 0.15) is 41.5 Å². The molecule has 4 heteroatoms. The number of carbonyl (C=O) groups is 1. The molecule has 0 radical (unpaired) electrons. The summed E-state index contributed by atoms with van der Waals surface area (Å²) in [7, 11) is 0. The number of halogens is 1. The number of morpholine rings is 1. The van der Waals surface area contributed by atoms with Gasteiger partial charge in [0, 0.05) is 19.0 Å². The molecule has 0 aromatic heterocycles. The summed E-state index contributed by atoms with van der Waals surface area (Å²) in [6.45, 7) is 13.8. The molecule has 0 saturated carbocycles. The van der Waals surface area contributed by atoms with Gasteiger partial charge in [0.05, 0.1) is 17.6 Å². The standard InChI is InChI=1S/C15H28ClNO2/c1-10(2)13(11(3)4)14(18)17-8-12(7-16)19-15(5,6)9-17/h10-13H,7-9H2,1-6H3. The van der Waals surface area contributed by atoms with Gasteiger partial charge < -0.3 is 9.64 Å². The lowest BCUT2D eigenvalue weighted by Gasteiger charge is -2.44. The Kier molecular flexibility index (Phi) is 5.69. The van der Waals surface area contributed by atoms with E-state index < -0.39 is 0 Å². The van der Waals surface area contributed by atoms with E-state index in [9.17, 15) is 4.79 Å². The molecule has 0 bridgehead atoms. The zero-order valence-corrected chi connectivity index (χ0v) is 13.8. The van der Waals surface area contributed by atoms with Crippen molar-refractivity contribution in [2.24, 2.45) is 17.8 Å². The number of ether oxygens (including phenoxy) is 1. The van der Waals surface area contributed by atoms with E-state index in [1.54, 1.807) is 0 Å². The maximum atomic E-state index is 12.8. The first-order valence-corrected chi connectivity index (χ1v) is 7.74. The molecular weight excluding hydrogens is 262 g/mol. The number of nitrogens with zero attached hydrogens (tertiary/aromatic N) is 1. The van der Waals surface area contributed by atoms with E-state index in [-0.39, 0.29) is 23.5 Å². The Morgan fingerprint density at radius 1 is 1.32 bits per heavy atom. The fraction of sp³-hybridized carbons (Fsp3) is 0.933. The van der Waals surface area contributed by atoms with Crippen molar-refractivity contribution in [2.75, 3.05) is 19.0 Å². The summed E-state index contributed by atoms with van der Waals surface area (Å²) in [6, 6.07) is 0. The highest BCUT2D eigenvalue weighted by Crippen LogP contribution is 2.28. The van der Waals surface area contributed by atoms with Gasteiger partial charge in [-0.3, -0.25) is 4.79 Å². The lowest BCUT2D eigenvalue weighted by molar-refractivity contribution is -0.163. The second kappa shape index (κ2) is 6.45. The maximum absolute atomic E-state index is 12.8. The normalized spacial score (nSPS) is 23.5. The van der Waals surface area contributed by atoms with Crippen LogP contribution in [0, 0.1) is 17.8 Å². The minimum Gasteiger partial charge on any atom is -0.367 e. The van der Waals surface area contributed by atoms with Crippen LogP contribution in [0.15, 0.2) is 0 Å². The molecule has 0 aromatic carbocycles. The Hall–Kier alpha value is -0.280. The molecule has 0 spiro atoms. The molecule has 19 heavy (non-hydrogen) atoms. The molecule has 112 valence electrons. The van der Waals surface area contributed by atoms with Gasteiger partial charge in [-0.1, -0.05) is 27.7 Å². The molecule has 1 atom stereocenters. The number of alkyl halides is 1. The predicted molar refractivity (Wildman–Crippen MR) is 79.4 cm³/mol. The summed E-state index contributed by atoms with van der Waals surface area (Å²) < 4.78 is 5.88. The first-order valence-electron chi connectivity index (χ1n) is 7.20. The van der Waals surface area contributed by atoms with Crippen molar-refractivity contribution >= 4 is 17.5 Å². The average molecular weight is 290 g/mol. The SMILES string of the molecule is CC(C)C(C(=O)N1CC(CCl)OC(C)(C)C1)C(C)C. The van der Waals surface area contributed by atoms with Crippen molar-refractivity contribution in [3.05, 3.63) is 0 Å². The van der Waals surface area contributed by atoms with E-state index in [4.69, 9.17) is 16.3 Å². The highest BCUT2D eigenvalue weighted by Gasteiger charge is 2.38. The van der Waals surface area contributed by atoms with Crippen LogP contribution in [0.5, 0.6) is 0 Å². The summed E-state index contributed by atoms with van der Waals surface area (Å²) in [5.41, 5.74) is -0.314. The van der Waals surface area contributed by atoms with E-state index in [0.29, 0.717) is 30.8 Å². The van der Waals surface area contributed by atoms with E-state index >= 15 is 0 Å². The fourth-order valence-electron chi connectivity index (χ4n) is 3.09. The van der Waals surface area contributed by atoms with Gasteiger partial charge >= 0.3 is 0 Å². The third kappa shape index (κ3) is 4.35. The van der Waals surface area contributed by atoms with E-state index in [2.05, 4.69) is 27.7 Å². The monoisotopic (exact) mass is 289 g/mol. The van der Waals surface area contributed by atoms with Crippen LogP contribution in [0.4, 0.5) is 0 Å². The Bertz CT molecular complexity index is 307. The second-order valence-electron chi connectivity index (χ2n) is 6.89. The maximum Gasteiger partial charge on any atom is 0.226 e. The van der Waals surface area contributed by atoms with Crippen LogP contribution in [-0.2, 0) is 9.53 Å². The second-order valence-corrected chi connectivity index (χ2v) is 7.20. The molecule has 0 N–H and O–H groups in total. The molecule has 1 saturated heterocycles. The minimum atomic E-state index is -0.314. The summed E-state index contributed by atoms with van der Waals surface area (Å²) in [5, 5.41) is 0. The van der Waals surface area contributed by atoms with Crippen molar-refractivity contribution in [2.45, 2.75) is 53.2 Å². The van der Waals surface area contributed by atoms with Gasteiger partial charge in [0.1, 0.15) is 0 Å². The third-order valence-electron chi connectivity index (χ3n) is 3.69. The van der Waals surface area contributed by atoms with Crippen molar-refractivity contribution < 1.29 is 9.53 Å². The third-order valence-corrected chi connectivity index (χ3v) is 4.03. The van der Waals surface area contributed by atoms with Crippen LogP contribution >= 0.6 is 11.6 Å². The van der Waals surface area contributed by atoms with Gasteiger partial charge in [0.15, 0.2) is 0 Å². The van der Waals surface area contributed by atoms with Gasteiger partial charge in [0.25, 0.3) is 0 Å². The van der Waals surface area contributed by atoms with Gasteiger partial charge in [-0.05, 0) is 25.7 Å². The first-order chi connectivity index (χ1) is 8.68. The molecule has 1 unspecified atom stereocenters. The Balaban J connectivity index is 2.85. The van der Waals surface area contributed by atoms with Crippen LogP contribution in [0.2, 0.25) is 0 Å². The Morgan fingerprint density at radius 3 is 2.26 bits per heavy atom. The quantitative estimate of drug-likeness (QED) is 0.744. The molecule has 3 nitrogen and oxygen atoms in total. The summed E-state index contributed by atoms with van der Waals surface area (Å²) >= 11 is 5.92. The molecular formula is C15H28ClNO2. The number of rotatable bonds is 4. The van der Waals surface area contributed by atoms with Crippen LogP contribution in [0.3, 0.4) is 0 Å². The van der Waals surface area contributed by atoms with Crippen LogP contribution in [0.25, 0.3) is 0 Å². The largest absolute Gasteiger partial charge is 0.367 e. The zero-order valence-electron chi connectivity index (χ0n) is 13.1. The number of carbonyl (C=O) groups excluding carboxylic acids is 1. The summed E-state index contributed by atoms with van der Waals surface area (Å²) in [5.74, 6) is 1.46. The molecule has 1 amide bonds. The van der Waals surface area contributed by atoms with Crippen LogP contribution in [-0.4, -0.2) is 41.5 Å². The minimum absolute atomic E-state index is 0.0608. The highest BCUT2D eigenvalue weighted by molar-refractivity contribution is 6.18. The van der Waals surface area contributed by atoms with E-state index in [1.807, 2.05) is 18.7 Å². The lowest BCUT2D eigenvalue weighted by Crippen LogP contribution is -2.57. The van der Waals surface area contributed by atoms with Crippen molar-refractivity contribution in [1.82, 2.24) is 4.90 Å². The van der Waals surface area contributed by atoms with Crippen molar-refractivity contribution in [3.8, 4) is 0 Å². The summed E-state index contributed by atoms with van der Waals surface area (Å²) in [4.78, 5) is 14.7. The van der Waals surface area contributed by atoms with Gasteiger partial charge in [0.2, 0.25) is 5.91 Å². The van der Waals surface area contributed by atoms with E-state index in [1.165, 1.54) is 0 Å². The Morgan fingerprint density at radius 2 is 1.84 bits per heavy atom. The van der Waals surface area contributed by atoms with E-state index in [0.717, 1.165) is 0 Å². The molecule has 1 aliphatic rings. The Labute approximate surface area is 122 Å². The number of amides is 1. The molecule has 0 aliphatic carbocycles. The fourth-order valence-corrected chi connectivity index (χ4v) is 3.26. The number of hydrogen-bond acceptors (Lipinski definition) is 2. The zero-order chi connectivity index (χ0) is 14.8. The topological polar surface area (TPSA) is 29.5 Å². The van der Waals surface area contributed by atoms with Gasteiger partial charge in [-0.15, -0.1) is 11.6 Å². The molecule has 0 aromatic rings. The highest BCUT2D eigenvalue weighted by atomic mass is 35.5. The van der Waals surface area contributed by atoms with Crippen molar-refractivity contribution in [1.29, 1.82) is 0 Å². The smallest absolute Gasteiger partial charge is 0.226 e. The molecule has 1 rings (SSSR count). The lowest BCUT2D eigenvalue weighted by atomic mass is 9.84. The average Bonchev–Trinajstić information content (AvgIpc) is 2.25. The van der Waals surface area contributed by atoms with Gasteiger partial charge in [-0.25, -0.2) is 0 Å². The first kappa shape index (κ1) is 16.8. The van der Waals surface area contributed by atoms with Crippen LogP contribution < -0.4 is 0 Å². The van der Waals surface area contributed by atoms with Gasteiger partial charge in [-0.2, -0.15) is 0 Å². The number of hydrogen-bond donors (Lipinski definition) is 0. The molecule has 1 aliphatic heterocycles.